The number of pyridine rings is 2. The van der Waals surface area contributed by atoms with E-state index in [9.17, 15) is 4.79 Å². The molecule has 0 unspecified atom stereocenters. The van der Waals surface area contributed by atoms with Gasteiger partial charge in [-0.1, -0.05) is 6.58 Å². The molecule has 6 heterocycles. The first kappa shape index (κ1) is 23.3. The molecule has 2 fully saturated rings. The van der Waals surface area contributed by atoms with Crippen LogP contribution in [0.5, 0.6) is 11.5 Å². The van der Waals surface area contributed by atoms with Gasteiger partial charge in [0.15, 0.2) is 11.5 Å². The Bertz CT molecular complexity index is 1750. The van der Waals surface area contributed by atoms with Gasteiger partial charge >= 0.3 is 0 Å². The quantitative estimate of drug-likeness (QED) is 0.315. The molecule has 0 radical (unpaired) electrons. The summed E-state index contributed by atoms with van der Waals surface area (Å²) in [5, 5.41) is 7.53. The predicted octanol–water partition coefficient (Wildman–Crippen LogP) is 4.94. The van der Waals surface area contributed by atoms with E-state index in [0.29, 0.717) is 17.1 Å². The SMILES string of the molecule is C=CC(=O)N1[C@H]2CC[C@@H]1[C@@H](c1ccc3ncnc(Nc4ccc(Oc5ccn6ncnc6c5)c(C)c4)c3n1)C2. The van der Waals surface area contributed by atoms with E-state index in [4.69, 9.17) is 9.72 Å². The molecule has 3 atom stereocenters. The van der Waals surface area contributed by atoms with Crippen molar-refractivity contribution in [3.05, 3.63) is 85.2 Å². The molecular formula is C29H26N8O2. The van der Waals surface area contributed by atoms with Gasteiger partial charge in [0.1, 0.15) is 29.7 Å². The minimum absolute atomic E-state index is 0.0124. The van der Waals surface area contributed by atoms with Gasteiger partial charge in [-0.3, -0.25) is 4.79 Å². The average molecular weight is 519 g/mol. The maximum absolute atomic E-state index is 12.5. The third-order valence-corrected chi connectivity index (χ3v) is 7.77. The lowest BCUT2D eigenvalue weighted by atomic mass is 9.86. The second-order valence-electron chi connectivity index (χ2n) is 10.0. The second kappa shape index (κ2) is 9.16. The van der Waals surface area contributed by atoms with E-state index in [0.717, 1.165) is 53.1 Å². The van der Waals surface area contributed by atoms with E-state index >= 15 is 0 Å². The number of ether oxygens (including phenoxy) is 1. The highest BCUT2D eigenvalue weighted by atomic mass is 16.5. The summed E-state index contributed by atoms with van der Waals surface area (Å²) in [6.45, 7) is 5.68. The minimum atomic E-state index is 0.0124. The second-order valence-corrected chi connectivity index (χ2v) is 10.0. The van der Waals surface area contributed by atoms with Crippen LogP contribution in [0.25, 0.3) is 16.7 Å². The molecule has 10 heteroatoms. The Morgan fingerprint density at radius 1 is 1.10 bits per heavy atom. The summed E-state index contributed by atoms with van der Waals surface area (Å²) in [5.74, 6) is 2.27. The molecule has 0 aliphatic carbocycles. The molecule has 1 amide bonds. The Labute approximate surface area is 224 Å². The molecule has 1 aromatic carbocycles. The fourth-order valence-corrected chi connectivity index (χ4v) is 5.97. The summed E-state index contributed by atoms with van der Waals surface area (Å²) in [5.41, 5.74) is 4.98. The van der Waals surface area contributed by atoms with Crippen LogP contribution in [0.3, 0.4) is 0 Å². The van der Waals surface area contributed by atoms with E-state index in [-0.39, 0.29) is 23.9 Å². The van der Waals surface area contributed by atoms with Crippen LogP contribution in [0.1, 0.15) is 36.4 Å². The highest BCUT2D eigenvalue weighted by Crippen LogP contribution is 2.46. The molecule has 1 N–H and O–H groups in total. The number of rotatable bonds is 6. The first-order chi connectivity index (χ1) is 19.1. The van der Waals surface area contributed by atoms with Crippen LogP contribution in [0.4, 0.5) is 11.5 Å². The van der Waals surface area contributed by atoms with E-state index in [1.165, 1.54) is 12.4 Å². The normalized spacial score (nSPS) is 20.0. The first-order valence-electron chi connectivity index (χ1n) is 13.0. The molecule has 0 saturated carbocycles. The van der Waals surface area contributed by atoms with Gasteiger partial charge in [-0.15, -0.1) is 0 Å². The number of hydrogen-bond acceptors (Lipinski definition) is 8. The summed E-state index contributed by atoms with van der Waals surface area (Å²) in [4.78, 5) is 32.6. The molecule has 39 heavy (non-hydrogen) atoms. The number of nitrogens with zero attached hydrogens (tertiary/aromatic N) is 7. The third kappa shape index (κ3) is 4.04. The van der Waals surface area contributed by atoms with Crippen LogP contribution in [0.2, 0.25) is 0 Å². The molecule has 194 valence electrons. The average Bonchev–Trinajstić information content (AvgIpc) is 3.69. The minimum Gasteiger partial charge on any atom is -0.457 e. The van der Waals surface area contributed by atoms with Crippen molar-refractivity contribution in [1.29, 1.82) is 0 Å². The standard InChI is InChI=1S/C29H26N8O2/c1-3-27(38)37-19-5-8-24(37)21(13-19)22-6-7-23-28(35-22)29(32-15-30-23)34-18-4-9-25(17(2)12-18)39-20-10-11-36-26(14-20)31-16-33-36/h3-4,6-7,9-12,14-16,19,21,24H,1,5,8,13H2,2H3,(H,30,32,34)/t19-,21+,24+/m0/s1. The molecule has 2 bridgehead atoms. The fraction of sp³-hybridized carbons (Fsp3) is 0.241. The summed E-state index contributed by atoms with van der Waals surface area (Å²) < 4.78 is 7.80. The van der Waals surface area contributed by atoms with Crippen molar-refractivity contribution in [3.63, 3.8) is 0 Å². The van der Waals surface area contributed by atoms with Crippen molar-refractivity contribution in [2.24, 2.45) is 0 Å². The maximum Gasteiger partial charge on any atom is 0.246 e. The van der Waals surface area contributed by atoms with Gasteiger partial charge < -0.3 is 15.0 Å². The Morgan fingerprint density at radius 2 is 2.03 bits per heavy atom. The topological polar surface area (TPSA) is 110 Å². The largest absolute Gasteiger partial charge is 0.457 e. The van der Waals surface area contributed by atoms with Crippen LogP contribution < -0.4 is 10.1 Å². The molecule has 10 nitrogen and oxygen atoms in total. The fourth-order valence-electron chi connectivity index (χ4n) is 5.97. The monoisotopic (exact) mass is 518 g/mol. The van der Waals surface area contributed by atoms with E-state index in [1.807, 2.05) is 60.5 Å². The zero-order valence-corrected chi connectivity index (χ0v) is 21.4. The molecule has 2 aliphatic rings. The number of fused-ring (bicyclic) bond motifs is 4. The number of nitrogens with one attached hydrogen (secondary N) is 1. The van der Waals surface area contributed by atoms with Crippen LogP contribution in [0, 0.1) is 6.92 Å². The number of amides is 1. The Hall–Kier alpha value is -4.86. The summed E-state index contributed by atoms with van der Waals surface area (Å²) in [6, 6.07) is 14.0. The lowest BCUT2D eigenvalue weighted by Crippen LogP contribution is -2.34. The number of benzene rings is 1. The van der Waals surface area contributed by atoms with Crippen LogP contribution >= 0.6 is 0 Å². The molecular weight excluding hydrogens is 492 g/mol. The van der Waals surface area contributed by atoms with Gasteiger partial charge in [-0.2, -0.15) is 5.10 Å². The summed E-state index contributed by atoms with van der Waals surface area (Å²) >= 11 is 0. The Morgan fingerprint density at radius 3 is 2.90 bits per heavy atom. The first-order valence-corrected chi connectivity index (χ1v) is 13.0. The molecule has 5 aromatic rings. The van der Waals surface area contributed by atoms with E-state index < -0.39 is 0 Å². The van der Waals surface area contributed by atoms with Gasteiger partial charge in [-0.05, 0) is 74.2 Å². The highest BCUT2D eigenvalue weighted by molar-refractivity contribution is 5.89. The van der Waals surface area contributed by atoms with Gasteiger partial charge in [0.25, 0.3) is 0 Å². The van der Waals surface area contributed by atoms with E-state index in [2.05, 4.69) is 31.9 Å². The molecule has 2 saturated heterocycles. The van der Waals surface area contributed by atoms with Gasteiger partial charge in [0, 0.05) is 41.6 Å². The van der Waals surface area contributed by atoms with Gasteiger partial charge in [-0.25, -0.2) is 24.5 Å². The Balaban J connectivity index is 1.14. The van der Waals surface area contributed by atoms with Crippen molar-refractivity contribution in [2.75, 3.05) is 5.32 Å². The third-order valence-electron chi connectivity index (χ3n) is 7.77. The Kier molecular flexibility index (Phi) is 5.46. The van der Waals surface area contributed by atoms with Crippen molar-refractivity contribution < 1.29 is 9.53 Å². The van der Waals surface area contributed by atoms with Crippen LogP contribution in [-0.4, -0.2) is 52.4 Å². The number of aromatic nitrogens is 6. The summed E-state index contributed by atoms with van der Waals surface area (Å²) in [6.07, 6.45) is 9.24. The number of carbonyl (C=O) groups is 1. The molecule has 7 rings (SSSR count). The van der Waals surface area contributed by atoms with Crippen molar-refractivity contribution >= 4 is 34.1 Å². The number of anilines is 2. The van der Waals surface area contributed by atoms with Crippen LogP contribution in [0.15, 0.2) is 74.0 Å². The zero-order valence-electron chi connectivity index (χ0n) is 21.4. The number of aryl methyl sites for hydroxylation is 1. The summed E-state index contributed by atoms with van der Waals surface area (Å²) in [7, 11) is 0. The van der Waals surface area contributed by atoms with Crippen LogP contribution in [-0.2, 0) is 4.79 Å². The maximum atomic E-state index is 12.5. The molecule has 4 aromatic heterocycles. The van der Waals surface area contributed by atoms with Crippen molar-refractivity contribution in [2.45, 2.75) is 44.2 Å². The van der Waals surface area contributed by atoms with Gasteiger partial charge in [0.2, 0.25) is 5.91 Å². The predicted molar refractivity (Wildman–Crippen MR) is 146 cm³/mol. The van der Waals surface area contributed by atoms with Crippen molar-refractivity contribution in [3.8, 4) is 11.5 Å². The molecule has 0 spiro atoms. The highest BCUT2D eigenvalue weighted by Gasteiger charge is 2.48. The smallest absolute Gasteiger partial charge is 0.246 e. The lowest BCUT2D eigenvalue weighted by Gasteiger charge is -2.23. The van der Waals surface area contributed by atoms with E-state index in [1.54, 1.807) is 10.8 Å². The van der Waals surface area contributed by atoms with Crippen molar-refractivity contribution in [1.82, 2.24) is 34.4 Å². The lowest BCUT2D eigenvalue weighted by molar-refractivity contribution is -0.127. The zero-order chi connectivity index (χ0) is 26.5. The number of hydrogen-bond donors (Lipinski definition) is 1. The van der Waals surface area contributed by atoms with Gasteiger partial charge in [0.05, 0.1) is 5.52 Å². The number of carbonyl (C=O) groups excluding carboxylic acids is 1. The molecule has 2 aliphatic heterocycles.